The number of carbonyl (C=O) groups excluding carboxylic acids is 1. The van der Waals surface area contributed by atoms with Crippen LogP contribution in [0.2, 0.25) is 0 Å². The van der Waals surface area contributed by atoms with E-state index in [0.29, 0.717) is 17.9 Å². The molecule has 0 saturated carbocycles. The van der Waals surface area contributed by atoms with E-state index < -0.39 is 0 Å². The van der Waals surface area contributed by atoms with Crippen LogP contribution in [0.4, 0.5) is 0 Å². The molecular formula is C10H16N2O2. The quantitative estimate of drug-likeness (QED) is 0.756. The molecule has 0 radical (unpaired) electrons. The van der Waals surface area contributed by atoms with Crippen molar-refractivity contribution in [2.45, 2.75) is 26.3 Å². The van der Waals surface area contributed by atoms with Crippen LogP contribution < -0.4 is 11.1 Å². The fraction of sp³-hybridized carbons (Fsp3) is 0.500. The summed E-state index contributed by atoms with van der Waals surface area (Å²) in [6.07, 6.45) is 2.29. The maximum atomic E-state index is 11.6. The summed E-state index contributed by atoms with van der Waals surface area (Å²) >= 11 is 0. The Morgan fingerprint density at radius 2 is 2.43 bits per heavy atom. The lowest BCUT2D eigenvalue weighted by atomic mass is 10.2. The molecule has 0 aromatic carbocycles. The van der Waals surface area contributed by atoms with Crippen LogP contribution >= 0.6 is 0 Å². The number of aryl methyl sites for hydroxylation is 1. The van der Waals surface area contributed by atoms with Crippen LogP contribution in [0.15, 0.2) is 16.7 Å². The molecule has 1 amide bonds. The summed E-state index contributed by atoms with van der Waals surface area (Å²) in [6.45, 7) is 4.27. The normalized spacial score (nSPS) is 12.5. The summed E-state index contributed by atoms with van der Waals surface area (Å²) in [4.78, 5) is 11.6. The highest BCUT2D eigenvalue weighted by atomic mass is 16.3. The third-order valence-electron chi connectivity index (χ3n) is 2.08. The molecule has 78 valence electrons. The van der Waals surface area contributed by atoms with Crippen LogP contribution in [-0.4, -0.2) is 18.5 Å². The van der Waals surface area contributed by atoms with Crippen LogP contribution in [0.1, 0.15) is 29.5 Å². The Morgan fingerprint density at radius 3 is 2.93 bits per heavy atom. The van der Waals surface area contributed by atoms with Gasteiger partial charge in [-0.05, 0) is 32.9 Å². The molecule has 0 aliphatic heterocycles. The molecular weight excluding hydrogens is 180 g/mol. The minimum Gasteiger partial charge on any atom is -0.469 e. The minimum absolute atomic E-state index is 0.0989. The average molecular weight is 196 g/mol. The van der Waals surface area contributed by atoms with Gasteiger partial charge in [0.15, 0.2) is 0 Å². The van der Waals surface area contributed by atoms with Crippen molar-refractivity contribution in [1.82, 2.24) is 5.32 Å². The van der Waals surface area contributed by atoms with Gasteiger partial charge in [-0.2, -0.15) is 0 Å². The zero-order valence-corrected chi connectivity index (χ0v) is 8.54. The molecule has 0 bridgehead atoms. The molecule has 0 saturated heterocycles. The second-order valence-corrected chi connectivity index (χ2v) is 3.34. The largest absolute Gasteiger partial charge is 0.469 e. The highest BCUT2D eigenvalue weighted by molar-refractivity contribution is 5.95. The van der Waals surface area contributed by atoms with E-state index in [2.05, 4.69) is 5.32 Å². The predicted octanol–water partition coefficient (Wildman–Crippen LogP) is 1.06. The topological polar surface area (TPSA) is 68.3 Å². The standard InChI is InChI=1S/C10H16N2O2/c1-7(3-5-11)12-10(13)9-4-6-14-8(9)2/h4,6-7H,3,5,11H2,1-2H3,(H,12,13). The van der Waals surface area contributed by atoms with Gasteiger partial charge in [0.25, 0.3) is 5.91 Å². The second kappa shape index (κ2) is 4.81. The molecule has 0 fully saturated rings. The lowest BCUT2D eigenvalue weighted by Gasteiger charge is -2.11. The monoisotopic (exact) mass is 196 g/mol. The first-order valence-electron chi connectivity index (χ1n) is 4.70. The lowest BCUT2D eigenvalue weighted by molar-refractivity contribution is 0.0937. The van der Waals surface area contributed by atoms with E-state index >= 15 is 0 Å². The molecule has 1 aromatic heterocycles. The molecule has 4 heteroatoms. The van der Waals surface area contributed by atoms with Gasteiger partial charge in [0.1, 0.15) is 5.76 Å². The summed E-state index contributed by atoms with van der Waals surface area (Å²) in [7, 11) is 0. The molecule has 0 spiro atoms. The Morgan fingerprint density at radius 1 is 1.71 bits per heavy atom. The number of hydrogen-bond acceptors (Lipinski definition) is 3. The van der Waals surface area contributed by atoms with Gasteiger partial charge >= 0.3 is 0 Å². The molecule has 1 rings (SSSR count). The van der Waals surface area contributed by atoms with Gasteiger partial charge in [0, 0.05) is 6.04 Å². The van der Waals surface area contributed by atoms with Crippen molar-refractivity contribution in [3.63, 3.8) is 0 Å². The zero-order chi connectivity index (χ0) is 10.6. The second-order valence-electron chi connectivity index (χ2n) is 3.34. The Hall–Kier alpha value is -1.29. The average Bonchev–Trinajstić information content (AvgIpc) is 2.51. The van der Waals surface area contributed by atoms with Crippen molar-refractivity contribution in [1.29, 1.82) is 0 Å². The van der Waals surface area contributed by atoms with Gasteiger partial charge in [0.05, 0.1) is 11.8 Å². The smallest absolute Gasteiger partial charge is 0.255 e. The van der Waals surface area contributed by atoms with Crippen LogP contribution in [0, 0.1) is 6.92 Å². The third kappa shape index (κ3) is 2.60. The van der Waals surface area contributed by atoms with Gasteiger partial charge < -0.3 is 15.5 Å². The van der Waals surface area contributed by atoms with Crippen molar-refractivity contribution in [2.75, 3.05) is 6.54 Å². The van der Waals surface area contributed by atoms with E-state index in [9.17, 15) is 4.79 Å². The van der Waals surface area contributed by atoms with Gasteiger partial charge in [-0.15, -0.1) is 0 Å². The molecule has 14 heavy (non-hydrogen) atoms. The van der Waals surface area contributed by atoms with E-state index in [0.717, 1.165) is 6.42 Å². The first-order valence-corrected chi connectivity index (χ1v) is 4.70. The summed E-state index contributed by atoms with van der Waals surface area (Å²) in [6, 6.07) is 1.77. The van der Waals surface area contributed by atoms with Crippen LogP contribution in [0.25, 0.3) is 0 Å². The number of carbonyl (C=O) groups is 1. The van der Waals surface area contributed by atoms with E-state index in [4.69, 9.17) is 10.2 Å². The van der Waals surface area contributed by atoms with Gasteiger partial charge in [0.2, 0.25) is 0 Å². The van der Waals surface area contributed by atoms with Gasteiger partial charge in [-0.1, -0.05) is 0 Å². The van der Waals surface area contributed by atoms with Crippen molar-refractivity contribution < 1.29 is 9.21 Å². The highest BCUT2D eigenvalue weighted by Crippen LogP contribution is 2.08. The van der Waals surface area contributed by atoms with E-state index in [1.807, 2.05) is 6.92 Å². The molecule has 0 aliphatic rings. The van der Waals surface area contributed by atoms with Crippen molar-refractivity contribution in [3.05, 3.63) is 23.7 Å². The number of rotatable bonds is 4. The third-order valence-corrected chi connectivity index (χ3v) is 2.08. The maximum Gasteiger partial charge on any atom is 0.255 e. The molecule has 4 nitrogen and oxygen atoms in total. The molecule has 1 heterocycles. The molecule has 1 aromatic rings. The SMILES string of the molecule is Cc1occc1C(=O)NC(C)CCN. The van der Waals surface area contributed by atoms with Crippen LogP contribution in [-0.2, 0) is 0 Å². The van der Waals surface area contributed by atoms with Crippen molar-refractivity contribution in [3.8, 4) is 0 Å². The van der Waals surface area contributed by atoms with E-state index in [-0.39, 0.29) is 11.9 Å². The summed E-state index contributed by atoms with van der Waals surface area (Å²) < 4.78 is 5.04. The molecule has 3 N–H and O–H groups in total. The minimum atomic E-state index is -0.0998. The Balaban J connectivity index is 2.55. The van der Waals surface area contributed by atoms with Gasteiger partial charge in [-0.3, -0.25) is 4.79 Å². The predicted molar refractivity (Wildman–Crippen MR) is 54.0 cm³/mol. The van der Waals surface area contributed by atoms with E-state index in [1.54, 1.807) is 13.0 Å². The van der Waals surface area contributed by atoms with E-state index in [1.165, 1.54) is 6.26 Å². The number of nitrogens with one attached hydrogen (secondary N) is 1. The molecule has 1 unspecified atom stereocenters. The highest BCUT2D eigenvalue weighted by Gasteiger charge is 2.12. The Labute approximate surface area is 83.5 Å². The zero-order valence-electron chi connectivity index (χ0n) is 8.54. The number of nitrogens with two attached hydrogens (primary N) is 1. The summed E-state index contributed by atoms with van der Waals surface area (Å²) in [5.41, 5.74) is 5.98. The first kappa shape index (κ1) is 10.8. The number of furan rings is 1. The van der Waals surface area contributed by atoms with Gasteiger partial charge in [-0.25, -0.2) is 0 Å². The fourth-order valence-electron chi connectivity index (χ4n) is 1.24. The Kier molecular flexibility index (Phi) is 3.71. The fourth-order valence-corrected chi connectivity index (χ4v) is 1.24. The van der Waals surface area contributed by atoms with Crippen molar-refractivity contribution in [2.24, 2.45) is 5.73 Å². The number of hydrogen-bond donors (Lipinski definition) is 2. The van der Waals surface area contributed by atoms with Crippen molar-refractivity contribution >= 4 is 5.91 Å². The summed E-state index contributed by atoms with van der Waals surface area (Å²) in [5, 5.41) is 2.85. The first-order chi connectivity index (χ1) is 6.65. The Bertz CT molecular complexity index is 307. The lowest BCUT2D eigenvalue weighted by Crippen LogP contribution is -2.34. The molecule has 0 aliphatic carbocycles. The maximum absolute atomic E-state index is 11.6. The summed E-state index contributed by atoms with van der Waals surface area (Å²) in [5.74, 6) is 0.541. The number of amides is 1. The van der Waals surface area contributed by atoms with Crippen LogP contribution in [0.3, 0.4) is 0 Å². The molecule has 1 atom stereocenters. The van der Waals surface area contributed by atoms with Crippen LogP contribution in [0.5, 0.6) is 0 Å².